The summed E-state index contributed by atoms with van der Waals surface area (Å²) in [5.41, 5.74) is 0. The molecule has 0 spiro atoms. The van der Waals surface area contributed by atoms with E-state index in [1.807, 2.05) is 7.05 Å². The van der Waals surface area contributed by atoms with Crippen LogP contribution in [0.4, 0.5) is 0 Å². The van der Waals surface area contributed by atoms with Crippen molar-refractivity contribution < 1.29 is 4.52 Å². The minimum atomic E-state index is 0.754. The standard InChI is InChI=1S/C6H8N2O/c1-7-4-2-6-3-5-8-9-6/h2-5,7H,1H3. The van der Waals surface area contributed by atoms with E-state index in [2.05, 4.69) is 10.5 Å². The highest BCUT2D eigenvalue weighted by molar-refractivity contribution is 5.40. The number of aromatic nitrogens is 1. The molecule has 0 bridgehead atoms. The van der Waals surface area contributed by atoms with E-state index in [-0.39, 0.29) is 0 Å². The zero-order valence-corrected chi connectivity index (χ0v) is 5.16. The summed E-state index contributed by atoms with van der Waals surface area (Å²) >= 11 is 0. The van der Waals surface area contributed by atoms with Crippen LogP contribution in [0.3, 0.4) is 0 Å². The summed E-state index contributed by atoms with van der Waals surface area (Å²) < 4.78 is 4.76. The molecule has 0 unspecified atom stereocenters. The Labute approximate surface area is 53.4 Å². The molecule has 0 aliphatic carbocycles. The predicted octanol–water partition coefficient (Wildman–Crippen LogP) is 0.865. The van der Waals surface area contributed by atoms with Crippen LogP contribution in [0.5, 0.6) is 0 Å². The van der Waals surface area contributed by atoms with Gasteiger partial charge in [0.1, 0.15) is 0 Å². The molecule has 0 aromatic carbocycles. The molecule has 1 N–H and O–H groups in total. The van der Waals surface area contributed by atoms with Crippen LogP contribution >= 0.6 is 0 Å². The molecule has 3 nitrogen and oxygen atoms in total. The van der Waals surface area contributed by atoms with Crippen LogP contribution in [0.1, 0.15) is 5.76 Å². The van der Waals surface area contributed by atoms with Crippen molar-refractivity contribution in [3.8, 4) is 0 Å². The molecule has 0 aliphatic heterocycles. The second-order valence-electron chi connectivity index (χ2n) is 1.54. The summed E-state index contributed by atoms with van der Waals surface area (Å²) in [6.45, 7) is 0. The summed E-state index contributed by atoms with van der Waals surface area (Å²) in [5.74, 6) is 0.754. The summed E-state index contributed by atoms with van der Waals surface area (Å²) in [6.07, 6.45) is 5.18. The van der Waals surface area contributed by atoms with Gasteiger partial charge in [-0.2, -0.15) is 0 Å². The van der Waals surface area contributed by atoms with Gasteiger partial charge in [0, 0.05) is 13.1 Å². The van der Waals surface area contributed by atoms with Gasteiger partial charge in [0.05, 0.1) is 6.20 Å². The van der Waals surface area contributed by atoms with Gasteiger partial charge in [0.25, 0.3) is 0 Å². The van der Waals surface area contributed by atoms with Gasteiger partial charge in [-0.25, -0.2) is 0 Å². The fourth-order valence-electron chi connectivity index (χ4n) is 0.477. The normalized spacial score (nSPS) is 10.3. The van der Waals surface area contributed by atoms with Gasteiger partial charge in [-0.3, -0.25) is 0 Å². The first-order chi connectivity index (χ1) is 4.43. The van der Waals surface area contributed by atoms with Crippen LogP contribution in [0.2, 0.25) is 0 Å². The molecule has 0 amide bonds. The van der Waals surface area contributed by atoms with E-state index in [0.717, 1.165) is 5.76 Å². The van der Waals surface area contributed by atoms with Crippen LogP contribution in [-0.2, 0) is 0 Å². The minimum Gasteiger partial charge on any atom is -0.394 e. The molecule has 0 saturated heterocycles. The van der Waals surface area contributed by atoms with Crippen molar-refractivity contribution in [1.29, 1.82) is 0 Å². The zero-order valence-electron chi connectivity index (χ0n) is 5.16. The maximum absolute atomic E-state index is 4.76. The Morgan fingerprint density at radius 1 is 1.78 bits per heavy atom. The van der Waals surface area contributed by atoms with E-state index in [9.17, 15) is 0 Å². The average molecular weight is 124 g/mol. The highest BCUT2D eigenvalue weighted by Crippen LogP contribution is 1.96. The Kier molecular flexibility index (Phi) is 1.90. The lowest BCUT2D eigenvalue weighted by atomic mass is 10.4. The van der Waals surface area contributed by atoms with Gasteiger partial charge in [-0.15, -0.1) is 0 Å². The SMILES string of the molecule is CNC=Cc1ccno1. The van der Waals surface area contributed by atoms with Gasteiger partial charge in [-0.1, -0.05) is 5.16 Å². The first-order valence-electron chi connectivity index (χ1n) is 2.68. The molecule has 1 heterocycles. The molecule has 0 fully saturated rings. The van der Waals surface area contributed by atoms with E-state index < -0.39 is 0 Å². The van der Waals surface area contributed by atoms with E-state index in [1.165, 1.54) is 0 Å². The number of hydrogen-bond acceptors (Lipinski definition) is 3. The van der Waals surface area contributed by atoms with Crippen molar-refractivity contribution in [3.63, 3.8) is 0 Å². The molecule has 1 rings (SSSR count). The predicted molar refractivity (Wildman–Crippen MR) is 34.6 cm³/mol. The van der Waals surface area contributed by atoms with Gasteiger partial charge < -0.3 is 9.84 Å². The lowest BCUT2D eigenvalue weighted by Gasteiger charge is -1.81. The minimum absolute atomic E-state index is 0.754. The van der Waals surface area contributed by atoms with Gasteiger partial charge in [0.2, 0.25) is 0 Å². The number of hydrogen-bond donors (Lipinski definition) is 1. The first-order valence-corrected chi connectivity index (χ1v) is 2.68. The first kappa shape index (κ1) is 5.88. The Bertz CT molecular complexity index is 179. The van der Waals surface area contributed by atoms with Crippen molar-refractivity contribution in [2.45, 2.75) is 0 Å². The Hall–Kier alpha value is -1.25. The molecule has 0 saturated carbocycles. The Morgan fingerprint density at radius 2 is 2.67 bits per heavy atom. The van der Waals surface area contributed by atoms with Crippen LogP contribution in [-0.4, -0.2) is 12.2 Å². The largest absolute Gasteiger partial charge is 0.394 e. The summed E-state index contributed by atoms with van der Waals surface area (Å²) in [7, 11) is 1.83. The Balaban J connectivity index is 2.57. The highest BCUT2D eigenvalue weighted by Gasteiger charge is 1.85. The van der Waals surface area contributed by atoms with Crippen molar-refractivity contribution >= 4 is 6.08 Å². The number of nitrogens with one attached hydrogen (secondary N) is 1. The fourth-order valence-corrected chi connectivity index (χ4v) is 0.477. The lowest BCUT2D eigenvalue weighted by Crippen LogP contribution is -1.89. The van der Waals surface area contributed by atoms with Crippen molar-refractivity contribution in [2.24, 2.45) is 0 Å². The highest BCUT2D eigenvalue weighted by atomic mass is 16.5. The molecule has 1 aromatic rings. The van der Waals surface area contributed by atoms with Crippen LogP contribution in [0.15, 0.2) is 23.0 Å². The topological polar surface area (TPSA) is 38.1 Å². The van der Waals surface area contributed by atoms with E-state index in [4.69, 9.17) is 4.52 Å². The molecule has 0 atom stereocenters. The zero-order chi connectivity index (χ0) is 6.53. The smallest absolute Gasteiger partial charge is 0.161 e. The van der Waals surface area contributed by atoms with Crippen LogP contribution in [0.25, 0.3) is 6.08 Å². The van der Waals surface area contributed by atoms with Crippen molar-refractivity contribution in [2.75, 3.05) is 7.05 Å². The van der Waals surface area contributed by atoms with E-state index in [1.54, 1.807) is 24.5 Å². The van der Waals surface area contributed by atoms with E-state index in [0.29, 0.717) is 0 Å². The lowest BCUT2D eigenvalue weighted by molar-refractivity contribution is 0.412. The number of rotatable bonds is 2. The maximum atomic E-state index is 4.76. The second-order valence-corrected chi connectivity index (χ2v) is 1.54. The third kappa shape index (κ3) is 1.60. The monoisotopic (exact) mass is 124 g/mol. The summed E-state index contributed by atoms with van der Waals surface area (Å²) in [5, 5.41) is 6.36. The molecule has 0 radical (unpaired) electrons. The van der Waals surface area contributed by atoms with Crippen molar-refractivity contribution in [3.05, 3.63) is 24.2 Å². The molecule has 9 heavy (non-hydrogen) atoms. The van der Waals surface area contributed by atoms with Crippen molar-refractivity contribution in [1.82, 2.24) is 10.5 Å². The molecular weight excluding hydrogens is 116 g/mol. The number of nitrogens with zero attached hydrogens (tertiary/aromatic N) is 1. The van der Waals surface area contributed by atoms with Gasteiger partial charge in [-0.05, 0) is 12.3 Å². The average Bonchev–Trinajstić information content (AvgIpc) is 2.34. The maximum Gasteiger partial charge on any atom is 0.161 e. The third-order valence-electron chi connectivity index (χ3n) is 0.872. The molecule has 48 valence electrons. The summed E-state index contributed by atoms with van der Waals surface area (Å²) in [4.78, 5) is 0. The molecular formula is C6H8N2O. The second kappa shape index (κ2) is 2.91. The van der Waals surface area contributed by atoms with Gasteiger partial charge in [0.15, 0.2) is 5.76 Å². The molecule has 0 aliphatic rings. The van der Waals surface area contributed by atoms with Crippen LogP contribution < -0.4 is 5.32 Å². The molecule has 1 aromatic heterocycles. The van der Waals surface area contributed by atoms with Gasteiger partial charge >= 0.3 is 0 Å². The summed E-state index contributed by atoms with van der Waals surface area (Å²) in [6, 6.07) is 1.79. The molecule has 3 heteroatoms. The van der Waals surface area contributed by atoms with Crippen LogP contribution in [0, 0.1) is 0 Å². The van der Waals surface area contributed by atoms with E-state index >= 15 is 0 Å². The quantitative estimate of drug-likeness (QED) is 0.635. The fraction of sp³-hybridized carbons (Fsp3) is 0.167. The Morgan fingerprint density at radius 3 is 3.22 bits per heavy atom. The third-order valence-corrected chi connectivity index (χ3v) is 0.872.